The Morgan fingerprint density at radius 3 is 2.68 bits per heavy atom. The molecular weight excluding hydrogens is 455 g/mol. The molecule has 31 heavy (non-hydrogen) atoms. The molecule has 0 unspecified atom stereocenters. The fraction of sp³-hybridized carbons (Fsp3) is 0.400. The van der Waals surface area contributed by atoms with Crippen molar-refractivity contribution in [2.24, 2.45) is 11.1 Å². The molecule has 0 bridgehead atoms. The van der Waals surface area contributed by atoms with Crippen molar-refractivity contribution in [3.8, 4) is 0 Å². The van der Waals surface area contributed by atoms with Gasteiger partial charge in [-0.25, -0.2) is 15.0 Å². The van der Waals surface area contributed by atoms with Crippen molar-refractivity contribution in [1.29, 1.82) is 0 Å². The summed E-state index contributed by atoms with van der Waals surface area (Å²) in [6, 6.07) is 3.83. The van der Waals surface area contributed by atoms with Crippen LogP contribution in [0.4, 0.5) is 11.6 Å². The number of aryl methyl sites for hydroxylation is 1. The SMILES string of the molecule is Cc1nc(N2CCC3(CC2)Cn2nccc2[C@H]3N)c(Cl)nc1Sc1ccnc(N)c1Cl. The lowest BCUT2D eigenvalue weighted by atomic mass is 9.73. The van der Waals surface area contributed by atoms with Gasteiger partial charge in [0.25, 0.3) is 0 Å². The lowest BCUT2D eigenvalue weighted by Crippen LogP contribution is -2.45. The zero-order chi connectivity index (χ0) is 21.8. The van der Waals surface area contributed by atoms with Crippen LogP contribution in [0.15, 0.2) is 34.4 Å². The Kier molecular flexibility index (Phi) is 5.24. The van der Waals surface area contributed by atoms with Crippen LogP contribution in [0.2, 0.25) is 10.2 Å². The zero-order valence-corrected chi connectivity index (χ0v) is 19.3. The van der Waals surface area contributed by atoms with Gasteiger partial charge in [0.05, 0.1) is 22.5 Å². The van der Waals surface area contributed by atoms with Gasteiger partial charge >= 0.3 is 0 Å². The highest BCUT2D eigenvalue weighted by molar-refractivity contribution is 7.99. The van der Waals surface area contributed by atoms with E-state index in [9.17, 15) is 0 Å². The predicted molar refractivity (Wildman–Crippen MR) is 123 cm³/mol. The quantitative estimate of drug-likeness (QED) is 0.587. The third kappa shape index (κ3) is 3.53. The highest BCUT2D eigenvalue weighted by Gasteiger charge is 2.47. The highest BCUT2D eigenvalue weighted by Crippen LogP contribution is 2.48. The maximum Gasteiger partial charge on any atom is 0.172 e. The number of nitrogens with zero attached hydrogens (tertiary/aromatic N) is 6. The molecule has 1 atom stereocenters. The number of fused-ring (bicyclic) bond motifs is 1. The lowest BCUT2D eigenvalue weighted by molar-refractivity contribution is 0.170. The number of aromatic nitrogens is 5. The number of piperidine rings is 1. The molecule has 8 nitrogen and oxygen atoms in total. The number of halogens is 2. The molecule has 0 aromatic carbocycles. The monoisotopic (exact) mass is 476 g/mol. The molecule has 5 rings (SSSR count). The van der Waals surface area contributed by atoms with E-state index in [0.717, 1.165) is 48.8 Å². The van der Waals surface area contributed by atoms with Crippen LogP contribution in [0, 0.1) is 12.3 Å². The van der Waals surface area contributed by atoms with Crippen LogP contribution in [0.5, 0.6) is 0 Å². The fourth-order valence-corrected chi connectivity index (χ4v) is 5.86. The molecule has 0 saturated carbocycles. The molecule has 1 spiro atoms. The van der Waals surface area contributed by atoms with E-state index in [1.165, 1.54) is 11.8 Å². The smallest absolute Gasteiger partial charge is 0.172 e. The van der Waals surface area contributed by atoms with Crippen LogP contribution in [0.1, 0.15) is 30.3 Å². The van der Waals surface area contributed by atoms with Gasteiger partial charge in [0, 0.05) is 42.3 Å². The van der Waals surface area contributed by atoms with Gasteiger partial charge < -0.3 is 16.4 Å². The minimum atomic E-state index is 0.0109. The van der Waals surface area contributed by atoms with Crippen LogP contribution >= 0.6 is 35.0 Å². The van der Waals surface area contributed by atoms with Crippen LogP contribution < -0.4 is 16.4 Å². The molecule has 1 fully saturated rings. The lowest BCUT2D eigenvalue weighted by Gasteiger charge is -2.41. The van der Waals surface area contributed by atoms with Gasteiger partial charge in [0.1, 0.15) is 10.8 Å². The summed E-state index contributed by atoms with van der Waals surface area (Å²) in [4.78, 5) is 16.3. The molecule has 2 aliphatic rings. The van der Waals surface area contributed by atoms with Crippen molar-refractivity contribution in [1.82, 2.24) is 24.7 Å². The van der Waals surface area contributed by atoms with Crippen LogP contribution in [0.3, 0.4) is 0 Å². The van der Waals surface area contributed by atoms with Crippen LogP contribution in [-0.4, -0.2) is 37.8 Å². The molecule has 0 amide bonds. The number of nitrogen functional groups attached to an aromatic ring is 1. The van der Waals surface area contributed by atoms with Gasteiger partial charge in [-0.15, -0.1) is 0 Å². The molecule has 4 N–H and O–H groups in total. The molecule has 2 aliphatic heterocycles. The molecule has 1 saturated heterocycles. The van der Waals surface area contributed by atoms with E-state index in [1.54, 1.807) is 12.3 Å². The average Bonchev–Trinajstić information content (AvgIpc) is 3.30. The number of pyridine rings is 1. The van der Waals surface area contributed by atoms with Crippen molar-refractivity contribution in [3.63, 3.8) is 0 Å². The topological polar surface area (TPSA) is 112 Å². The number of hydrogen-bond acceptors (Lipinski definition) is 8. The van der Waals surface area contributed by atoms with Gasteiger partial charge in [0.15, 0.2) is 11.0 Å². The molecule has 3 aromatic heterocycles. The van der Waals surface area contributed by atoms with E-state index in [2.05, 4.69) is 20.0 Å². The Morgan fingerprint density at radius 2 is 1.94 bits per heavy atom. The summed E-state index contributed by atoms with van der Waals surface area (Å²) < 4.78 is 2.04. The Hall–Kier alpha value is -2.07. The summed E-state index contributed by atoms with van der Waals surface area (Å²) >= 11 is 14.2. The first-order chi connectivity index (χ1) is 14.9. The van der Waals surface area contributed by atoms with Gasteiger partial charge in [-0.1, -0.05) is 35.0 Å². The van der Waals surface area contributed by atoms with E-state index >= 15 is 0 Å². The Labute approximate surface area is 194 Å². The molecule has 0 radical (unpaired) electrons. The summed E-state index contributed by atoms with van der Waals surface area (Å²) in [6.45, 7) is 4.44. The molecule has 0 aliphatic carbocycles. The average molecular weight is 477 g/mol. The van der Waals surface area contributed by atoms with Crippen molar-refractivity contribution >= 4 is 46.6 Å². The van der Waals surface area contributed by atoms with Crippen molar-refractivity contribution in [3.05, 3.63) is 46.1 Å². The second kappa shape index (κ2) is 7.81. The first-order valence-corrected chi connectivity index (χ1v) is 11.6. The van der Waals surface area contributed by atoms with Gasteiger partial charge in [-0.3, -0.25) is 4.68 Å². The molecule has 11 heteroatoms. The second-order valence-electron chi connectivity index (χ2n) is 8.08. The minimum absolute atomic E-state index is 0.0109. The van der Waals surface area contributed by atoms with Crippen molar-refractivity contribution in [2.45, 2.75) is 42.3 Å². The first-order valence-electron chi connectivity index (χ1n) is 10.0. The third-order valence-corrected chi connectivity index (χ3v) is 8.21. The van der Waals surface area contributed by atoms with E-state index in [0.29, 0.717) is 21.0 Å². The summed E-state index contributed by atoms with van der Waals surface area (Å²) in [5.74, 6) is 0.997. The van der Waals surface area contributed by atoms with Gasteiger partial charge in [0.2, 0.25) is 0 Å². The predicted octanol–water partition coefficient (Wildman–Crippen LogP) is 3.72. The first kappa shape index (κ1) is 20.8. The molecular formula is C20H22Cl2N8S. The van der Waals surface area contributed by atoms with Crippen molar-refractivity contribution < 1.29 is 0 Å². The number of anilines is 2. The van der Waals surface area contributed by atoms with E-state index in [4.69, 9.17) is 39.7 Å². The maximum absolute atomic E-state index is 6.59. The summed E-state index contributed by atoms with van der Waals surface area (Å²) in [7, 11) is 0. The Morgan fingerprint density at radius 1 is 1.16 bits per heavy atom. The summed E-state index contributed by atoms with van der Waals surface area (Å²) in [5, 5.41) is 5.89. The van der Waals surface area contributed by atoms with E-state index in [1.807, 2.05) is 23.9 Å². The van der Waals surface area contributed by atoms with E-state index in [-0.39, 0.29) is 17.3 Å². The maximum atomic E-state index is 6.59. The summed E-state index contributed by atoms with van der Waals surface area (Å²) in [5.41, 5.74) is 14.4. The van der Waals surface area contributed by atoms with Crippen molar-refractivity contribution in [2.75, 3.05) is 23.7 Å². The number of nitrogens with two attached hydrogens (primary N) is 2. The van der Waals surface area contributed by atoms with Crippen LogP contribution in [-0.2, 0) is 6.54 Å². The molecule has 5 heterocycles. The second-order valence-corrected chi connectivity index (χ2v) is 9.85. The Balaban J connectivity index is 1.33. The van der Waals surface area contributed by atoms with Gasteiger partial charge in [-0.05, 0) is 31.9 Å². The normalized spacial score (nSPS) is 19.7. The largest absolute Gasteiger partial charge is 0.382 e. The Bertz CT molecular complexity index is 1140. The standard InChI is InChI=1S/C20H22Cl2N8S/c1-11-19(31-13-3-6-25-17(24)14(13)21)28-16(22)18(27-11)29-8-4-20(5-9-29)10-30-12(15(20)23)2-7-26-30/h2-3,6-7,15H,4-5,8-10,23H2,1H3,(H2,24,25)/t15-/m1/s1. The van der Waals surface area contributed by atoms with Gasteiger partial charge in [-0.2, -0.15) is 5.10 Å². The van der Waals surface area contributed by atoms with E-state index < -0.39 is 0 Å². The fourth-order valence-electron chi connectivity index (χ4n) is 4.48. The highest BCUT2D eigenvalue weighted by atomic mass is 35.5. The third-order valence-electron chi connectivity index (χ3n) is 6.31. The number of rotatable bonds is 3. The minimum Gasteiger partial charge on any atom is -0.382 e. The summed E-state index contributed by atoms with van der Waals surface area (Å²) in [6.07, 6.45) is 5.35. The van der Waals surface area contributed by atoms with Crippen LogP contribution in [0.25, 0.3) is 0 Å². The number of hydrogen-bond donors (Lipinski definition) is 2. The zero-order valence-electron chi connectivity index (χ0n) is 16.9. The molecule has 3 aromatic rings. The molecule has 162 valence electrons.